The maximum absolute atomic E-state index is 12.9. The van der Waals surface area contributed by atoms with Crippen molar-refractivity contribution in [3.63, 3.8) is 0 Å². The SMILES string of the molecule is Cc1noc(NS(=O)(=O)c2ccc(NC(=O)CC34C[C@@H]5C[C@H](CC(Br)(C5)C3)C4)cc2)c1C. The van der Waals surface area contributed by atoms with Gasteiger partial charge in [-0.2, -0.15) is 0 Å². The van der Waals surface area contributed by atoms with Gasteiger partial charge in [-0.25, -0.2) is 13.1 Å². The van der Waals surface area contributed by atoms with Gasteiger partial charge < -0.3 is 9.84 Å². The molecular weight excluding hydrogens is 494 g/mol. The number of anilines is 2. The number of nitrogens with one attached hydrogen (secondary N) is 2. The van der Waals surface area contributed by atoms with E-state index in [4.69, 9.17) is 4.52 Å². The van der Waals surface area contributed by atoms with E-state index in [0.717, 1.165) is 31.1 Å². The van der Waals surface area contributed by atoms with Gasteiger partial charge in [0.2, 0.25) is 11.8 Å². The summed E-state index contributed by atoms with van der Waals surface area (Å²) >= 11 is 4.00. The molecule has 0 spiro atoms. The molecule has 2 aromatic rings. The minimum absolute atomic E-state index is 0.00421. The predicted octanol–water partition coefficient (Wildman–Crippen LogP) is 5.15. The molecule has 4 aliphatic carbocycles. The first-order chi connectivity index (χ1) is 15.0. The van der Waals surface area contributed by atoms with E-state index < -0.39 is 10.0 Å². The van der Waals surface area contributed by atoms with Gasteiger partial charge in [0, 0.05) is 22.0 Å². The van der Waals surface area contributed by atoms with Gasteiger partial charge >= 0.3 is 0 Å². The van der Waals surface area contributed by atoms with E-state index in [9.17, 15) is 13.2 Å². The van der Waals surface area contributed by atoms with Crippen LogP contribution in [0.1, 0.15) is 56.2 Å². The molecule has 172 valence electrons. The second-order valence-electron chi connectivity index (χ2n) is 10.2. The van der Waals surface area contributed by atoms with Crippen molar-refractivity contribution < 1.29 is 17.7 Å². The van der Waals surface area contributed by atoms with Crippen LogP contribution in [0.25, 0.3) is 0 Å². The molecule has 1 heterocycles. The van der Waals surface area contributed by atoms with Gasteiger partial charge in [-0.3, -0.25) is 4.79 Å². The zero-order valence-corrected chi connectivity index (χ0v) is 20.7. The Bertz CT molecular complexity index is 1140. The van der Waals surface area contributed by atoms with Gasteiger partial charge in [0.15, 0.2) is 0 Å². The van der Waals surface area contributed by atoms with Gasteiger partial charge in [0.25, 0.3) is 10.0 Å². The number of amides is 1. The fourth-order valence-electron chi connectivity index (χ4n) is 6.50. The Labute approximate surface area is 196 Å². The van der Waals surface area contributed by atoms with Crippen molar-refractivity contribution in [3.8, 4) is 0 Å². The van der Waals surface area contributed by atoms with Crippen LogP contribution in [0.3, 0.4) is 0 Å². The Kier molecular flexibility index (Phi) is 5.20. The highest BCUT2D eigenvalue weighted by Crippen LogP contribution is 2.65. The van der Waals surface area contributed by atoms with Gasteiger partial charge in [0.1, 0.15) is 0 Å². The molecule has 32 heavy (non-hydrogen) atoms. The topological polar surface area (TPSA) is 101 Å². The van der Waals surface area contributed by atoms with E-state index in [0.29, 0.717) is 23.4 Å². The maximum atomic E-state index is 12.9. The second-order valence-corrected chi connectivity index (χ2v) is 13.6. The third-order valence-electron chi connectivity index (χ3n) is 7.48. The number of carbonyl (C=O) groups excluding carboxylic acids is 1. The highest BCUT2D eigenvalue weighted by Gasteiger charge is 2.57. The van der Waals surface area contributed by atoms with Crippen molar-refractivity contribution in [1.82, 2.24) is 5.16 Å². The van der Waals surface area contributed by atoms with Crippen molar-refractivity contribution in [2.75, 3.05) is 10.0 Å². The second kappa shape index (κ2) is 7.58. The van der Waals surface area contributed by atoms with E-state index in [1.54, 1.807) is 26.0 Å². The summed E-state index contributed by atoms with van der Waals surface area (Å²) in [5.41, 5.74) is 1.97. The van der Waals surface area contributed by atoms with Crippen LogP contribution in [0.2, 0.25) is 0 Å². The van der Waals surface area contributed by atoms with Crippen molar-refractivity contribution >= 4 is 43.4 Å². The molecule has 0 aliphatic heterocycles. The van der Waals surface area contributed by atoms with E-state index in [1.165, 1.54) is 31.4 Å². The third-order valence-corrected chi connectivity index (χ3v) is 9.75. The zero-order chi connectivity index (χ0) is 22.7. The summed E-state index contributed by atoms with van der Waals surface area (Å²) in [6, 6.07) is 6.21. The number of sulfonamides is 1. The number of benzene rings is 1. The summed E-state index contributed by atoms with van der Waals surface area (Å²) in [5, 5.41) is 6.74. The fraction of sp³-hybridized carbons (Fsp3) is 0.565. The molecule has 2 atom stereocenters. The van der Waals surface area contributed by atoms with Crippen LogP contribution in [0, 0.1) is 31.1 Å². The molecule has 4 bridgehead atoms. The number of carbonyl (C=O) groups is 1. The Hall–Kier alpha value is -1.87. The lowest BCUT2D eigenvalue weighted by molar-refractivity contribution is -0.123. The molecule has 4 fully saturated rings. The smallest absolute Gasteiger partial charge is 0.264 e. The number of aryl methyl sites for hydroxylation is 1. The molecule has 0 unspecified atom stereocenters. The van der Waals surface area contributed by atoms with Crippen LogP contribution in [-0.4, -0.2) is 23.8 Å². The highest BCUT2D eigenvalue weighted by molar-refractivity contribution is 9.10. The maximum Gasteiger partial charge on any atom is 0.264 e. The van der Waals surface area contributed by atoms with Crippen molar-refractivity contribution in [3.05, 3.63) is 35.5 Å². The van der Waals surface area contributed by atoms with E-state index in [-0.39, 0.29) is 26.4 Å². The monoisotopic (exact) mass is 521 g/mol. The van der Waals surface area contributed by atoms with E-state index in [2.05, 4.69) is 31.1 Å². The molecule has 1 aromatic heterocycles. The first-order valence-corrected chi connectivity index (χ1v) is 13.4. The summed E-state index contributed by atoms with van der Waals surface area (Å²) in [5.74, 6) is 1.58. The summed E-state index contributed by atoms with van der Waals surface area (Å²) in [7, 11) is -3.81. The normalized spacial score (nSPS) is 31.0. The Balaban J connectivity index is 1.24. The van der Waals surface area contributed by atoms with Crippen LogP contribution in [0.15, 0.2) is 33.7 Å². The van der Waals surface area contributed by atoms with Gasteiger partial charge in [-0.05, 0) is 93.9 Å². The summed E-state index contributed by atoms with van der Waals surface area (Å²) in [6.07, 6.45) is 7.69. The molecule has 9 heteroatoms. The Morgan fingerprint density at radius 1 is 1.16 bits per heavy atom. The lowest BCUT2D eigenvalue weighted by atomic mass is 9.48. The molecule has 4 aliphatic rings. The molecule has 0 saturated heterocycles. The number of alkyl halides is 1. The molecule has 4 saturated carbocycles. The first kappa shape index (κ1) is 21.9. The summed E-state index contributed by atoms with van der Waals surface area (Å²) < 4.78 is 33.0. The first-order valence-electron chi connectivity index (χ1n) is 11.1. The summed E-state index contributed by atoms with van der Waals surface area (Å²) in [4.78, 5) is 13.0. The highest BCUT2D eigenvalue weighted by atomic mass is 79.9. The molecule has 1 aromatic carbocycles. The molecule has 2 N–H and O–H groups in total. The number of hydrogen-bond acceptors (Lipinski definition) is 5. The molecule has 7 nitrogen and oxygen atoms in total. The van der Waals surface area contributed by atoms with Gasteiger partial charge in [-0.15, -0.1) is 0 Å². The van der Waals surface area contributed by atoms with Crippen molar-refractivity contribution in [2.45, 2.75) is 68.0 Å². The Morgan fingerprint density at radius 3 is 2.38 bits per heavy atom. The molecule has 1 amide bonds. The lowest BCUT2D eigenvalue weighted by Crippen LogP contribution is -2.53. The molecule has 6 rings (SSSR count). The van der Waals surface area contributed by atoms with Crippen molar-refractivity contribution in [1.29, 1.82) is 0 Å². The van der Waals surface area contributed by atoms with Gasteiger partial charge in [0.05, 0.1) is 10.6 Å². The number of aromatic nitrogens is 1. The quantitative estimate of drug-likeness (QED) is 0.511. The fourth-order valence-corrected chi connectivity index (χ4v) is 9.05. The lowest BCUT2D eigenvalue weighted by Gasteiger charge is -2.60. The van der Waals surface area contributed by atoms with Crippen LogP contribution in [0.5, 0.6) is 0 Å². The van der Waals surface area contributed by atoms with Gasteiger partial charge in [-0.1, -0.05) is 21.1 Å². The van der Waals surface area contributed by atoms with E-state index >= 15 is 0 Å². The van der Waals surface area contributed by atoms with Crippen LogP contribution < -0.4 is 10.0 Å². The number of halogens is 1. The van der Waals surface area contributed by atoms with Crippen molar-refractivity contribution in [2.24, 2.45) is 17.3 Å². The number of hydrogen-bond donors (Lipinski definition) is 2. The average molecular weight is 522 g/mol. The number of nitrogens with zero attached hydrogens (tertiary/aromatic N) is 1. The Morgan fingerprint density at radius 2 is 1.81 bits per heavy atom. The largest absolute Gasteiger partial charge is 0.337 e. The molecular formula is C23H28BrN3O4S. The molecule has 0 radical (unpaired) electrons. The number of rotatable bonds is 6. The minimum atomic E-state index is -3.81. The van der Waals surface area contributed by atoms with Crippen LogP contribution in [0.4, 0.5) is 11.6 Å². The third kappa shape index (κ3) is 4.09. The minimum Gasteiger partial charge on any atom is -0.337 e. The van der Waals surface area contributed by atoms with Crippen LogP contribution >= 0.6 is 15.9 Å². The standard InChI is InChI=1S/C23H28BrN3O4S/c1-14-15(2)26-31-21(14)27-32(29,30)19-5-3-18(4-6-19)25-20(28)12-22-8-16-7-17(9-22)11-23(24,10-16)13-22/h3-6,16-17,27H,7-13H2,1-2H3,(H,25,28)/t16-,17-,22?,23?/m0/s1. The average Bonchev–Trinajstić information content (AvgIpc) is 2.97. The van der Waals surface area contributed by atoms with Crippen LogP contribution in [-0.2, 0) is 14.8 Å². The van der Waals surface area contributed by atoms with E-state index in [1.807, 2.05) is 0 Å². The zero-order valence-electron chi connectivity index (χ0n) is 18.3. The summed E-state index contributed by atoms with van der Waals surface area (Å²) in [6.45, 7) is 3.48. The predicted molar refractivity (Wildman–Crippen MR) is 125 cm³/mol.